The zero-order chi connectivity index (χ0) is 14.7. The molecule has 0 fully saturated rings. The summed E-state index contributed by atoms with van der Waals surface area (Å²) in [6.07, 6.45) is 1.03. The van der Waals surface area contributed by atoms with Crippen molar-refractivity contribution in [3.05, 3.63) is 21.7 Å². The van der Waals surface area contributed by atoms with Crippen LogP contribution < -0.4 is 5.73 Å². The van der Waals surface area contributed by atoms with Gasteiger partial charge in [-0.05, 0) is 29.3 Å². The number of aryl methyl sites for hydroxylation is 2. The Kier molecular flexibility index (Phi) is 5.22. The van der Waals surface area contributed by atoms with Crippen LogP contribution in [0.3, 0.4) is 0 Å². The van der Waals surface area contributed by atoms with E-state index >= 15 is 0 Å². The molecule has 2 N–H and O–H groups in total. The summed E-state index contributed by atoms with van der Waals surface area (Å²) in [7, 11) is 1.95. The van der Waals surface area contributed by atoms with Gasteiger partial charge in [-0.25, -0.2) is 0 Å². The quantitative estimate of drug-likeness (QED) is 0.801. The highest BCUT2D eigenvalue weighted by atomic mass is 79.9. The predicted octanol–water partition coefficient (Wildman–Crippen LogP) is 2.24. The molecular formula is C12H19BrN6S. The van der Waals surface area contributed by atoms with E-state index in [2.05, 4.69) is 42.7 Å². The van der Waals surface area contributed by atoms with Gasteiger partial charge in [-0.15, -0.1) is 10.2 Å². The molecule has 0 unspecified atom stereocenters. The molecule has 8 heteroatoms. The Bertz CT molecular complexity index is 591. The van der Waals surface area contributed by atoms with Crippen LogP contribution in [0.4, 0.5) is 0 Å². The Morgan fingerprint density at radius 3 is 2.65 bits per heavy atom. The zero-order valence-electron chi connectivity index (χ0n) is 11.9. The Labute approximate surface area is 131 Å². The second kappa shape index (κ2) is 6.73. The van der Waals surface area contributed by atoms with Crippen LogP contribution in [0.5, 0.6) is 0 Å². The Morgan fingerprint density at radius 1 is 1.35 bits per heavy atom. The largest absolute Gasteiger partial charge is 0.324 e. The number of hydrogen-bond acceptors (Lipinski definition) is 5. The number of nitrogens with two attached hydrogens (primary N) is 1. The number of halogens is 1. The van der Waals surface area contributed by atoms with Crippen molar-refractivity contribution >= 4 is 27.7 Å². The van der Waals surface area contributed by atoms with Crippen LogP contribution >= 0.6 is 27.7 Å². The van der Waals surface area contributed by atoms with Crippen molar-refractivity contribution in [2.75, 3.05) is 0 Å². The number of nitrogens with zero attached hydrogens (tertiary/aromatic N) is 5. The maximum absolute atomic E-state index is 5.70. The molecule has 20 heavy (non-hydrogen) atoms. The average Bonchev–Trinajstić information content (AvgIpc) is 2.91. The topological polar surface area (TPSA) is 74.6 Å². The first-order valence-corrected chi connectivity index (χ1v) is 8.29. The lowest BCUT2D eigenvalue weighted by atomic mass is 10.4. The van der Waals surface area contributed by atoms with Crippen molar-refractivity contribution in [3.8, 4) is 0 Å². The van der Waals surface area contributed by atoms with Gasteiger partial charge in [0, 0.05) is 19.3 Å². The molecule has 0 amide bonds. The highest BCUT2D eigenvalue weighted by molar-refractivity contribution is 9.10. The minimum absolute atomic E-state index is 0.419. The third-order valence-corrected chi connectivity index (χ3v) is 5.03. The molecule has 0 aromatic carbocycles. The zero-order valence-corrected chi connectivity index (χ0v) is 14.3. The minimum atomic E-state index is 0.419. The molecule has 2 rings (SSSR count). The van der Waals surface area contributed by atoms with Gasteiger partial charge < -0.3 is 10.3 Å². The summed E-state index contributed by atoms with van der Waals surface area (Å²) in [5, 5.41) is 13.7. The highest BCUT2D eigenvalue weighted by Crippen LogP contribution is 2.28. The van der Waals surface area contributed by atoms with Crippen LogP contribution in [0.1, 0.15) is 30.6 Å². The number of rotatable bonds is 6. The second-order valence-corrected chi connectivity index (χ2v) is 6.25. The third kappa shape index (κ3) is 3.07. The molecule has 110 valence electrons. The number of aromatic nitrogens is 5. The molecule has 0 spiro atoms. The first-order chi connectivity index (χ1) is 9.58. The van der Waals surface area contributed by atoms with E-state index in [1.54, 1.807) is 11.8 Å². The lowest BCUT2D eigenvalue weighted by Gasteiger charge is -2.07. The normalized spacial score (nSPS) is 11.2. The van der Waals surface area contributed by atoms with E-state index < -0.39 is 0 Å². The summed E-state index contributed by atoms with van der Waals surface area (Å²) in [6.45, 7) is 5.44. The maximum Gasteiger partial charge on any atom is 0.191 e. The van der Waals surface area contributed by atoms with Gasteiger partial charge in [-0.1, -0.05) is 18.7 Å². The van der Waals surface area contributed by atoms with Crippen molar-refractivity contribution < 1.29 is 0 Å². The van der Waals surface area contributed by atoms with Gasteiger partial charge in [0.1, 0.15) is 5.82 Å². The summed E-state index contributed by atoms with van der Waals surface area (Å²) in [5.74, 6) is 1.64. The molecule has 0 atom stereocenters. The third-order valence-electron chi connectivity index (χ3n) is 3.02. The average molecular weight is 359 g/mol. The first-order valence-electron chi connectivity index (χ1n) is 6.51. The standard InChI is InChI=1S/C12H19BrN6S/c1-4-5-19-10(6-14)15-16-12(19)20-7-9-11(13)8(2)17-18(9)3/h4-7,14H2,1-3H3. The van der Waals surface area contributed by atoms with Crippen molar-refractivity contribution in [2.45, 2.75) is 44.3 Å². The fourth-order valence-electron chi connectivity index (χ4n) is 1.99. The smallest absolute Gasteiger partial charge is 0.191 e. The van der Waals surface area contributed by atoms with E-state index in [1.165, 1.54) is 0 Å². The van der Waals surface area contributed by atoms with Crippen molar-refractivity contribution in [2.24, 2.45) is 12.8 Å². The number of thioether (sulfide) groups is 1. The SMILES string of the molecule is CCCn1c(CN)nnc1SCc1c(Br)c(C)nn1C. The van der Waals surface area contributed by atoms with E-state index in [9.17, 15) is 0 Å². The summed E-state index contributed by atoms with van der Waals surface area (Å²) >= 11 is 5.24. The molecule has 0 aliphatic carbocycles. The second-order valence-electron chi connectivity index (χ2n) is 4.51. The van der Waals surface area contributed by atoms with Crippen molar-refractivity contribution in [1.82, 2.24) is 24.5 Å². The lowest BCUT2D eigenvalue weighted by molar-refractivity contribution is 0.592. The van der Waals surface area contributed by atoms with Crippen molar-refractivity contribution in [1.29, 1.82) is 0 Å². The first kappa shape index (κ1) is 15.5. The van der Waals surface area contributed by atoms with Gasteiger partial charge in [0.05, 0.1) is 22.4 Å². The van der Waals surface area contributed by atoms with Gasteiger partial charge >= 0.3 is 0 Å². The van der Waals surface area contributed by atoms with Gasteiger partial charge in [-0.3, -0.25) is 4.68 Å². The molecule has 0 aliphatic heterocycles. The molecule has 0 saturated heterocycles. The molecule has 2 aromatic rings. The summed E-state index contributed by atoms with van der Waals surface area (Å²) in [5.41, 5.74) is 7.85. The summed E-state index contributed by atoms with van der Waals surface area (Å²) in [4.78, 5) is 0. The predicted molar refractivity (Wildman–Crippen MR) is 83.4 cm³/mol. The molecule has 0 saturated carbocycles. The van der Waals surface area contributed by atoms with E-state index in [0.29, 0.717) is 6.54 Å². The molecule has 2 aromatic heterocycles. The van der Waals surface area contributed by atoms with Gasteiger partial charge in [0.15, 0.2) is 5.16 Å². The van der Waals surface area contributed by atoms with Crippen LogP contribution in [-0.4, -0.2) is 24.5 Å². The molecular weight excluding hydrogens is 340 g/mol. The van der Waals surface area contributed by atoms with Crippen LogP contribution in [0, 0.1) is 6.92 Å². The van der Waals surface area contributed by atoms with Gasteiger partial charge in [-0.2, -0.15) is 5.10 Å². The molecule has 2 heterocycles. The fraction of sp³-hybridized carbons (Fsp3) is 0.583. The molecule has 0 aliphatic rings. The highest BCUT2D eigenvalue weighted by Gasteiger charge is 2.15. The Balaban J connectivity index is 2.16. The van der Waals surface area contributed by atoms with Crippen LogP contribution in [0.2, 0.25) is 0 Å². The van der Waals surface area contributed by atoms with E-state index in [-0.39, 0.29) is 0 Å². The van der Waals surface area contributed by atoms with E-state index in [1.807, 2.05) is 18.7 Å². The summed E-state index contributed by atoms with van der Waals surface area (Å²) in [6, 6.07) is 0. The van der Waals surface area contributed by atoms with Crippen molar-refractivity contribution in [3.63, 3.8) is 0 Å². The monoisotopic (exact) mass is 358 g/mol. The summed E-state index contributed by atoms with van der Waals surface area (Å²) < 4.78 is 5.06. The van der Waals surface area contributed by atoms with Gasteiger partial charge in [0.2, 0.25) is 0 Å². The fourth-order valence-corrected chi connectivity index (χ4v) is 3.70. The van der Waals surface area contributed by atoms with Gasteiger partial charge in [0.25, 0.3) is 0 Å². The lowest BCUT2D eigenvalue weighted by Crippen LogP contribution is -2.09. The minimum Gasteiger partial charge on any atom is -0.324 e. The number of hydrogen-bond donors (Lipinski definition) is 1. The Hall–Kier alpha value is -0.860. The molecule has 0 bridgehead atoms. The molecule has 0 radical (unpaired) electrons. The van der Waals surface area contributed by atoms with E-state index in [4.69, 9.17) is 5.73 Å². The van der Waals surface area contributed by atoms with E-state index in [0.717, 1.165) is 45.6 Å². The van der Waals surface area contributed by atoms with Crippen LogP contribution in [-0.2, 0) is 25.9 Å². The Morgan fingerprint density at radius 2 is 2.10 bits per heavy atom. The van der Waals surface area contributed by atoms with Crippen LogP contribution in [0.15, 0.2) is 9.63 Å². The molecule has 6 nitrogen and oxygen atoms in total. The maximum atomic E-state index is 5.70. The van der Waals surface area contributed by atoms with Crippen LogP contribution in [0.25, 0.3) is 0 Å².